The summed E-state index contributed by atoms with van der Waals surface area (Å²) in [4.78, 5) is 2.42. The number of hydrogen-bond donors (Lipinski definition) is 1. The van der Waals surface area contributed by atoms with Gasteiger partial charge in [-0.1, -0.05) is 6.92 Å². The summed E-state index contributed by atoms with van der Waals surface area (Å²) in [5.74, 6) is 1.09. The molecule has 1 N–H and O–H groups in total. The first kappa shape index (κ1) is 13.6. The molecule has 0 spiro atoms. The first-order chi connectivity index (χ1) is 8.79. The standard InChI is InChI=1S/C14H24N2O2/c1-3-15-9-13-5-8-18-14(13)11-16-6-4-7-17-12(2)10-16/h5,8,12,15H,3-4,6-7,9-11H2,1-2H3. The molecule has 2 rings (SSSR count). The summed E-state index contributed by atoms with van der Waals surface area (Å²) in [7, 11) is 0. The molecule has 1 aromatic heterocycles. The number of ether oxygens (including phenoxy) is 1. The van der Waals surface area contributed by atoms with Gasteiger partial charge < -0.3 is 14.5 Å². The highest BCUT2D eigenvalue weighted by atomic mass is 16.5. The van der Waals surface area contributed by atoms with E-state index in [1.54, 1.807) is 6.26 Å². The Kier molecular flexibility index (Phi) is 5.23. The minimum atomic E-state index is 0.319. The van der Waals surface area contributed by atoms with E-state index < -0.39 is 0 Å². The van der Waals surface area contributed by atoms with Crippen LogP contribution in [0.4, 0.5) is 0 Å². The van der Waals surface area contributed by atoms with Crippen LogP contribution in [0, 0.1) is 0 Å². The monoisotopic (exact) mass is 252 g/mol. The molecule has 0 aromatic carbocycles. The van der Waals surface area contributed by atoms with Crippen LogP contribution in [0.1, 0.15) is 31.6 Å². The van der Waals surface area contributed by atoms with E-state index in [2.05, 4.69) is 30.1 Å². The van der Waals surface area contributed by atoms with Gasteiger partial charge in [0.05, 0.1) is 18.9 Å². The van der Waals surface area contributed by atoms with Crippen molar-refractivity contribution in [2.75, 3.05) is 26.2 Å². The van der Waals surface area contributed by atoms with Crippen molar-refractivity contribution < 1.29 is 9.15 Å². The average molecular weight is 252 g/mol. The van der Waals surface area contributed by atoms with E-state index in [-0.39, 0.29) is 0 Å². The van der Waals surface area contributed by atoms with Gasteiger partial charge in [0.2, 0.25) is 0 Å². The van der Waals surface area contributed by atoms with Crippen LogP contribution >= 0.6 is 0 Å². The molecule has 0 radical (unpaired) electrons. The second-order valence-corrected chi connectivity index (χ2v) is 4.92. The predicted molar refractivity (Wildman–Crippen MR) is 71.4 cm³/mol. The van der Waals surface area contributed by atoms with Crippen LogP contribution in [0.15, 0.2) is 16.7 Å². The van der Waals surface area contributed by atoms with E-state index in [1.807, 2.05) is 0 Å². The van der Waals surface area contributed by atoms with Gasteiger partial charge in [-0.05, 0) is 26.0 Å². The minimum Gasteiger partial charge on any atom is -0.468 e. The lowest BCUT2D eigenvalue weighted by molar-refractivity contribution is 0.0658. The molecular formula is C14H24N2O2. The van der Waals surface area contributed by atoms with Gasteiger partial charge in [-0.15, -0.1) is 0 Å². The summed E-state index contributed by atoms with van der Waals surface area (Å²) in [6.07, 6.45) is 3.22. The SMILES string of the molecule is CCNCc1ccoc1CN1CCCOC(C)C1. The van der Waals surface area contributed by atoms with E-state index in [0.29, 0.717) is 6.10 Å². The lowest BCUT2D eigenvalue weighted by atomic mass is 10.2. The zero-order valence-electron chi connectivity index (χ0n) is 11.4. The normalized spacial score (nSPS) is 22.0. The quantitative estimate of drug-likeness (QED) is 0.870. The third-order valence-corrected chi connectivity index (χ3v) is 3.31. The molecule has 1 aromatic rings. The molecule has 0 amide bonds. The van der Waals surface area contributed by atoms with E-state index in [4.69, 9.17) is 9.15 Å². The maximum absolute atomic E-state index is 5.66. The van der Waals surface area contributed by atoms with Crippen LogP contribution in [0.3, 0.4) is 0 Å². The van der Waals surface area contributed by atoms with Gasteiger partial charge in [0.15, 0.2) is 0 Å². The molecule has 1 atom stereocenters. The first-order valence-corrected chi connectivity index (χ1v) is 6.89. The highest BCUT2D eigenvalue weighted by Crippen LogP contribution is 2.15. The van der Waals surface area contributed by atoms with Crippen molar-refractivity contribution in [2.24, 2.45) is 0 Å². The molecule has 4 nitrogen and oxygen atoms in total. The Balaban J connectivity index is 1.93. The van der Waals surface area contributed by atoms with Crippen LogP contribution < -0.4 is 5.32 Å². The molecule has 0 aliphatic carbocycles. The summed E-state index contributed by atoms with van der Waals surface area (Å²) in [6.45, 7) is 9.98. The van der Waals surface area contributed by atoms with E-state index in [9.17, 15) is 0 Å². The number of nitrogens with one attached hydrogen (secondary N) is 1. The predicted octanol–water partition coefficient (Wildman–Crippen LogP) is 2.00. The topological polar surface area (TPSA) is 37.6 Å². The zero-order valence-corrected chi connectivity index (χ0v) is 11.4. The molecule has 0 bridgehead atoms. The first-order valence-electron chi connectivity index (χ1n) is 6.89. The number of nitrogens with zero attached hydrogens (tertiary/aromatic N) is 1. The van der Waals surface area contributed by atoms with Crippen LogP contribution in [0.5, 0.6) is 0 Å². The van der Waals surface area contributed by atoms with Gasteiger partial charge in [-0.25, -0.2) is 0 Å². The summed E-state index contributed by atoms with van der Waals surface area (Å²) >= 11 is 0. The highest BCUT2D eigenvalue weighted by molar-refractivity contribution is 5.16. The largest absolute Gasteiger partial charge is 0.468 e. The van der Waals surface area contributed by atoms with Crippen molar-refractivity contribution in [3.05, 3.63) is 23.7 Å². The molecule has 1 aliphatic rings. The fraction of sp³-hybridized carbons (Fsp3) is 0.714. The van der Waals surface area contributed by atoms with E-state index in [0.717, 1.165) is 51.5 Å². The van der Waals surface area contributed by atoms with Gasteiger partial charge in [-0.2, -0.15) is 0 Å². The average Bonchev–Trinajstić information content (AvgIpc) is 2.68. The third-order valence-electron chi connectivity index (χ3n) is 3.31. The zero-order chi connectivity index (χ0) is 12.8. The van der Waals surface area contributed by atoms with Crippen molar-refractivity contribution in [1.29, 1.82) is 0 Å². The molecular weight excluding hydrogens is 228 g/mol. The summed E-state index contributed by atoms with van der Waals surface area (Å²) in [5.41, 5.74) is 1.27. The Labute approximate surface area is 109 Å². The van der Waals surface area contributed by atoms with Crippen LogP contribution in [-0.2, 0) is 17.8 Å². The van der Waals surface area contributed by atoms with Crippen molar-refractivity contribution in [3.8, 4) is 0 Å². The Hall–Kier alpha value is -0.840. The maximum atomic E-state index is 5.66. The molecule has 102 valence electrons. The number of rotatable bonds is 5. The lowest BCUT2D eigenvalue weighted by Crippen LogP contribution is -2.30. The Bertz CT molecular complexity index is 351. The molecule has 18 heavy (non-hydrogen) atoms. The minimum absolute atomic E-state index is 0.319. The van der Waals surface area contributed by atoms with Crippen LogP contribution in [0.2, 0.25) is 0 Å². The molecule has 2 heterocycles. The smallest absolute Gasteiger partial charge is 0.122 e. The van der Waals surface area contributed by atoms with Crippen molar-refractivity contribution >= 4 is 0 Å². The summed E-state index contributed by atoms with van der Waals surface area (Å²) in [5, 5.41) is 3.35. The Morgan fingerprint density at radius 1 is 1.50 bits per heavy atom. The maximum Gasteiger partial charge on any atom is 0.122 e. The molecule has 1 unspecified atom stereocenters. The second-order valence-electron chi connectivity index (χ2n) is 4.92. The van der Waals surface area contributed by atoms with Gasteiger partial charge >= 0.3 is 0 Å². The van der Waals surface area contributed by atoms with Gasteiger partial charge in [0, 0.05) is 31.8 Å². The summed E-state index contributed by atoms with van der Waals surface area (Å²) in [6, 6.07) is 2.07. The summed E-state index contributed by atoms with van der Waals surface area (Å²) < 4.78 is 11.3. The van der Waals surface area contributed by atoms with Gasteiger partial charge in [-0.3, -0.25) is 4.90 Å². The van der Waals surface area contributed by atoms with Crippen molar-refractivity contribution in [3.63, 3.8) is 0 Å². The van der Waals surface area contributed by atoms with Crippen molar-refractivity contribution in [1.82, 2.24) is 10.2 Å². The Morgan fingerprint density at radius 3 is 3.22 bits per heavy atom. The van der Waals surface area contributed by atoms with E-state index >= 15 is 0 Å². The van der Waals surface area contributed by atoms with E-state index in [1.165, 1.54) is 5.56 Å². The van der Waals surface area contributed by atoms with Crippen molar-refractivity contribution in [2.45, 2.75) is 39.5 Å². The molecule has 1 saturated heterocycles. The van der Waals surface area contributed by atoms with Crippen LogP contribution in [0.25, 0.3) is 0 Å². The third kappa shape index (κ3) is 3.83. The highest BCUT2D eigenvalue weighted by Gasteiger charge is 2.17. The number of hydrogen-bond acceptors (Lipinski definition) is 4. The fourth-order valence-electron chi connectivity index (χ4n) is 2.35. The lowest BCUT2D eigenvalue weighted by Gasteiger charge is -2.21. The van der Waals surface area contributed by atoms with Gasteiger partial charge in [0.1, 0.15) is 5.76 Å². The molecule has 1 fully saturated rings. The molecule has 4 heteroatoms. The molecule has 0 saturated carbocycles. The van der Waals surface area contributed by atoms with Gasteiger partial charge in [0.25, 0.3) is 0 Å². The van der Waals surface area contributed by atoms with Crippen LogP contribution in [-0.4, -0.2) is 37.2 Å². The number of furan rings is 1. The fourth-order valence-corrected chi connectivity index (χ4v) is 2.35. The Morgan fingerprint density at radius 2 is 2.39 bits per heavy atom. The molecule has 1 aliphatic heterocycles. The second kappa shape index (κ2) is 6.92.